The van der Waals surface area contributed by atoms with Crippen LogP contribution in [0.5, 0.6) is 0 Å². The fourth-order valence-electron chi connectivity index (χ4n) is 1.68. The van der Waals surface area contributed by atoms with E-state index in [9.17, 15) is 9.59 Å². The first kappa shape index (κ1) is 17.8. The molecule has 2 rings (SSSR count). The molecular formula is C14H13Cl2N3O3S. The predicted octanol–water partition coefficient (Wildman–Crippen LogP) is 2.95. The molecule has 6 nitrogen and oxygen atoms in total. The fraction of sp³-hybridized carbons (Fsp3) is 0.214. The third-order valence-corrected chi connectivity index (χ3v) is 4.03. The van der Waals surface area contributed by atoms with Gasteiger partial charge >= 0.3 is 0 Å². The van der Waals surface area contributed by atoms with E-state index in [0.717, 1.165) is 11.8 Å². The van der Waals surface area contributed by atoms with E-state index < -0.39 is 0 Å². The van der Waals surface area contributed by atoms with E-state index in [1.165, 1.54) is 13.2 Å². The van der Waals surface area contributed by atoms with Crippen molar-refractivity contribution in [3.05, 3.63) is 50.4 Å². The Morgan fingerprint density at radius 1 is 1.39 bits per heavy atom. The Balaban J connectivity index is 1.97. The van der Waals surface area contributed by atoms with Crippen LogP contribution < -0.4 is 10.9 Å². The van der Waals surface area contributed by atoms with Crippen molar-refractivity contribution in [1.29, 1.82) is 0 Å². The molecule has 1 heterocycles. The Kier molecular flexibility index (Phi) is 6.47. The second-order valence-corrected chi connectivity index (χ2v) is 6.24. The smallest absolute Gasteiger partial charge is 0.251 e. The van der Waals surface area contributed by atoms with E-state index >= 15 is 0 Å². The summed E-state index contributed by atoms with van der Waals surface area (Å²) in [7, 11) is 1.51. The molecule has 0 spiro atoms. The lowest BCUT2D eigenvalue weighted by molar-refractivity contribution is -0.113. The molecule has 0 atom stereocenters. The van der Waals surface area contributed by atoms with Crippen molar-refractivity contribution in [2.75, 3.05) is 18.2 Å². The summed E-state index contributed by atoms with van der Waals surface area (Å²) in [6, 6.07) is 6.14. The van der Waals surface area contributed by atoms with E-state index in [0.29, 0.717) is 26.6 Å². The highest BCUT2D eigenvalue weighted by atomic mass is 35.5. The molecule has 2 aromatic rings. The van der Waals surface area contributed by atoms with E-state index in [4.69, 9.17) is 27.9 Å². The van der Waals surface area contributed by atoms with Crippen molar-refractivity contribution in [2.24, 2.45) is 0 Å². The predicted molar refractivity (Wildman–Crippen MR) is 91.4 cm³/mol. The first-order valence-electron chi connectivity index (χ1n) is 6.45. The lowest BCUT2D eigenvalue weighted by Crippen LogP contribution is -2.16. The van der Waals surface area contributed by atoms with E-state index in [-0.39, 0.29) is 23.8 Å². The van der Waals surface area contributed by atoms with Crippen LogP contribution in [0.2, 0.25) is 10.0 Å². The van der Waals surface area contributed by atoms with Crippen molar-refractivity contribution >= 4 is 46.6 Å². The van der Waals surface area contributed by atoms with Crippen LogP contribution in [0, 0.1) is 0 Å². The van der Waals surface area contributed by atoms with Crippen LogP contribution in [0.15, 0.2) is 34.2 Å². The average Bonchev–Trinajstić information content (AvgIpc) is 2.48. The number of halogens is 2. The van der Waals surface area contributed by atoms with Gasteiger partial charge in [-0.3, -0.25) is 9.59 Å². The minimum absolute atomic E-state index is 0.0678. The molecule has 0 saturated carbocycles. The number of anilines is 1. The maximum absolute atomic E-state index is 12.0. The number of aromatic amines is 1. The van der Waals surface area contributed by atoms with Gasteiger partial charge < -0.3 is 15.0 Å². The van der Waals surface area contributed by atoms with Gasteiger partial charge in [0.25, 0.3) is 5.56 Å². The van der Waals surface area contributed by atoms with Crippen molar-refractivity contribution in [1.82, 2.24) is 9.97 Å². The summed E-state index contributed by atoms with van der Waals surface area (Å²) in [5.41, 5.74) is 0.673. The Morgan fingerprint density at radius 2 is 2.17 bits per heavy atom. The van der Waals surface area contributed by atoms with Crippen molar-refractivity contribution < 1.29 is 9.53 Å². The van der Waals surface area contributed by atoms with Gasteiger partial charge in [0.05, 0.1) is 28.8 Å². The SMILES string of the molecule is COCc1cc(=O)[nH]c(SCC(=O)Nc2ccc(Cl)cc2Cl)n1. The van der Waals surface area contributed by atoms with Gasteiger partial charge in [0, 0.05) is 18.2 Å². The van der Waals surface area contributed by atoms with Crippen LogP contribution in [0.25, 0.3) is 0 Å². The summed E-state index contributed by atoms with van der Waals surface area (Å²) in [4.78, 5) is 30.2. The number of hydrogen-bond donors (Lipinski definition) is 2. The minimum atomic E-state index is -0.296. The molecular weight excluding hydrogens is 361 g/mol. The number of amides is 1. The second kappa shape index (κ2) is 8.35. The number of nitrogens with one attached hydrogen (secondary N) is 2. The van der Waals surface area contributed by atoms with Gasteiger partial charge in [-0.25, -0.2) is 4.98 Å². The van der Waals surface area contributed by atoms with Gasteiger partial charge in [-0.2, -0.15) is 0 Å². The second-order valence-electron chi connectivity index (χ2n) is 4.44. The maximum Gasteiger partial charge on any atom is 0.251 e. The van der Waals surface area contributed by atoms with Gasteiger partial charge in [-0.1, -0.05) is 35.0 Å². The summed E-state index contributed by atoms with van der Waals surface area (Å²) in [6.07, 6.45) is 0. The lowest BCUT2D eigenvalue weighted by atomic mass is 10.3. The molecule has 9 heteroatoms. The number of carbonyl (C=O) groups excluding carboxylic acids is 1. The molecule has 23 heavy (non-hydrogen) atoms. The summed E-state index contributed by atoms with van der Waals surface area (Å²) in [6.45, 7) is 0.226. The standard InChI is InChI=1S/C14H13Cl2N3O3S/c1-22-6-9-5-12(20)19-14(17-9)23-7-13(21)18-11-3-2-8(15)4-10(11)16/h2-5H,6-7H2,1H3,(H,18,21)(H,17,19,20). The molecule has 2 N–H and O–H groups in total. The summed E-state index contributed by atoms with van der Waals surface area (Å²) in [5.74, 6) is -0.211. The molecule has 1 aromatic carbocycles. The summed E-state index contributed by atoms with van der Waals surface area (Å²) >= 11 is 12.9. The molecule has 1 aromatic heterocycles. The Labute approximate surface area is 146 Å². The lowest BCUT2D eigenvalue weighted by Gasteiger charge is -2.07. The van der Waals surface area contributed by atoms with E-state index in [1.54, 1.807) is 18.2 Å². The van der Waals surface area contributed by atoms with Crippen LogP contribution in [-0.4, -0.2) is 28.7 Å². The van der Waals surface area contributed by atoms with Gasteiger partial charge in [0.2, 0.25) is 5.91 Å². The van der Waals surface area contributed by atoms with Crippen LogP contribution in [-0.2, 0) is 16.1 Å². The number of benzene rings is 1. The molecule has 122 valence electrons. The maximum atomic E-state index is 12.0. The van der Waals surface area contributed by atoms with Crippen LogP contribution in [0.1, 0.15) is 5.69 Å². The highest BCUT2D eigenvalue weighted by molar-refractivity contribution is 7.99. The number of methoxy groups -OCH3 is 1. The van der Waals surface area contributed by atoms with E-state index in [1.807, 2.05) is 0 Å². The first-order chi connectivity index (χ1) is 11.0. The van der Waals surface area contributed by atoms with Gasteiger partial charge in [-0.05, 0) is 18.2 Å². The highest BCUT2D eigenvalue weighted by Crippen LogP contribution is 2.25. The van der Waals surface area contributed by atoms with Crippen molar-refractivity contribution in [2.45, 2.75) is 11.8 Å². The van der Waals surface area contributed by atoms with Crippen LogP contribution >= 0.6 is 35.0 Å². The number of aromatic nitrogens is 2. The largest absolute Gasteiger partial charge is 0.378 e. The zero-order valence-electron chi connectivity index (χ0n) is 12.1. The Hall–Kier alpha value is -1.54. The molecule has 0 aliphatic heterocycles. The average molecular weight is 374 g/mol. The number of H-pyrrole nitrogens is 1. The van der Waals surface area contributed by atoms with Crippen LogP contribution in [0.4, 0.5) is 5.69 Å². The number of rotatable bonds is 6. The minimum Gasteiger partial charge on any atom is -0.378 e. The first-order valence-corrected chi connectivity index (χ1v) is 8.19. The number of ether oxygens (including phenoxy) is 1. The highest BCUT2D eigenvalue weighted by Gasteiger charge is 2.09. The Bertz CT molecular complexity index is 767. The molecule has 0 aliphatic carbocycles. The zero-order chi connectivity index (χ0) is 16.8. The third-order valence-electron chi connectivity index (χ3n) is 2.61. The molecule has 1 amide bonds. The summed E-state index contributed by atoms with van der Waals surface area (Å²) in [5, 5.41) is 3.85. The summed E-state index contributed by atoms with van der Waals surface area (Å²) < 4.78 is 4.94. The van der Waals surface area contributed by atoms with Gasteiger partial charge in [0.1, 0.15) is 0 Å². The number of thioether (sulfide) groups is 1. The molecule has 0 radical (unpaired) electrons. The van der Waals surface area contributed by atoms with Crippen LogP contribution in [0.3, 0.4) is 0 Å². The zero-order valence-corrected chi connectivity index (χ0v) is 14.4. The van der Waals surface area contributed by atoms with E-state index in [2.05, 4.69) is 15.3 Å². The van der Waals surface area contributed by atoms with Crippen molar-refractivity contribution in [3.8, 4) is 0 Å². The van der Waals surface area contributed by atoms with Crippen molar-refractivity contribution in [3.63, 3.8) is 0 Å². The number of hydrogen-bond acceptors (Lipinski definition) is 5. The fourth-order valence-corrected chi connectivity index (χ4v) is 2.83. The molecule has 0 aliphatic rings. The number of carbonyl (C=O) groups is 1. The normalized spacial score (nSPS) is 10.6. The molecule has 0 fully saturated rings. The Morgan fingerprint density at radius 3 is 2.87 bits per heavy atom. The number of nitrogens with zero attached hydrogens (tertiary/aromatic N) is 1. The van der Waals surface area contributed by atoms with Gasteiger partial charge in [0.15, 0.2) is 5.16 Å². The van der Waals surface area contributed by atoms with Gasteiger partial charge in [-0.15, -0.1) is 0 Å². The third kappa shape index (κ3) is 5.54. The topological polar surface area (TPSA) is 84.1 Å². The quantitative estimate of drug-likeness (QED) is 0.600. The molecule has 0 bridgehead atoms. The molecule has 0 unspecified atom stereocenters. The molecule has 0 saturated heterocycles. The monoisotopic (exact) mass is 373 g/mol.